The lowest BCUT2D eigenvalue weighted by Gasteiger charge is -2.12. The Morgan fingerprint density at radius 1 is 1.12 bits per heavy atom. The minimum absolute atomic E-state index is 0.626. The fourth-order valence-corrected chi connectivity index (χ4v) is 2.87. The summed E-state index contributed by atoms with van der Waals surface area (Å²) < 4.78 is 18.5. The number of hydrogen-bond donors (Lipinski definition) is 0. The molecule has 6 nitrogen and oxygen atoms in total. The number of fused-ring (bicyclic) bond motifs is 1. The summed E-state index contributed by atoms with van der Waals surface area (Å²) >= 11 is 0. The van der Waals surface area contributed by atoms with Crippen LogP contribution in [0.4, 0.5) is 0 Å². The van der Waals surface area contributed by atoms with Crippen molar-refractivity contribution in [2.45, 2.75) is 19.9 Å². The van der Waals surface area contributed by atoms with E-state index in [9.17, 15) is 0 Å². The average Bonchev–Trinajstić information content (AvgIpc) is 2.99. The number of rotatable bonds is 8. The fourth-order valence-electron chi connectivity index (χ4n) is 2.87. The van der Waals surface area contributed by atoms with E-state index in [0.717, 1.165) is 34.1 Å². The summed E-state index contributed by atoms with van der Waals surface area (Å²) in [6.45, 7) is 4.02. The van der Waals surface area contributed by atoms with Crippen molar-refractivity contribution >= 4 is 11.2 Å². The first-order valence-corrected chi connectivity index (χ1v) is 8.35. The summed E-state index contributed by atoms with van der Waals surface area (Å²) in [7, 11) is 3.33. The molecule has 0 N–H and O–H groups in total. The number of nitrogens with zero attached hydrogens (tertiary/aromatic N) is 3. The third-order valence-corrected chi connectivity index (χ3v) is 4.08. The van der Waals surface area contributed by atoms with Gasteiger partial charge in [0, 0.05) is 31.3 Å². The minimum atomic E-state index is 0.626. The van der Waals surface area contributed by atoms with Gasteiger partial charge in [-0.1, -0.05) is 0 Å². The van der Waals surface area contributed by atoms with Crippen LogP contribution in [-0.4, -0.2) is 42.0 Å². The Morgan fingerprint density at radius 3 is 2.76 bits per heavy atom. The van der Waals surface area contributed by atoms with Crippen LogP contribution < -0.4 is 9.47 Å². The van der Waals surface area contributed by atoms with Crippen LogP contribution in [0.3, 0.4) is 0 Å². The van der Waals surface area contributed by atoms with Crippen LogP contribution in [0.1, 0.15) is 18.3 Å². The van der Waals surface area contributed by atoms with Crippen LogP contribution in [0.2, 0.25) is 0 Å². The quantitative estimate of drug-likeness (QED) is 0.589. The second-order valence-corrected chi connectivity index (χ2v) is 5.58. The van der Waals surface area contributed by atoms with Gasteiger partial charge in [0.15, 0.2) is 5.65 Å². The van der Waals surface area contributed by atoms with E-state index in [1.165, 1.54) is 0 Å². The van der Waals surface area contributed by atoms with Crippen molar-refractivity contribution in [3.63, 3.8) is 0 Å². The summed E-state index contributed by atoms with van der Waals surface area (Å²) in [6, 6.07) is 9.67. The maximum Gasteiger partial charge on any atom is 0.160 e. The molecule has 0 saturated heterocycles. The minimum Gasteiger partial charge on any atom is -0.497 e. The Bertz CT molecular complexity index is 845. The van der Waals surface area contributed by atoms with Crippen molar-refractivity contribution in [3.05, 3.63) is 47.9 Å². The van der Waals surface area contributed by atoms with Crippen LogP contribution >= 0.6 is 0 Å². The smallest absolute Gasteiger partial charge is 0.160 e. The maximum absolute atomic E-state index is 5.52. The first-order valence-electron chi connectivity index (χ1n) is 8.35. The molecule has 0 aliphatic rings. The van der Waals surface area contributed by atoms with Crippen molar-refractivity contribution in [3.8, 4) is 11.5 Å². The lowest BCUT2D eigenvalue weighted by molar-refractivity contribution is 0.139. The van der Waals surface area contributed by atoms with Crippen molar-refractivity contribution in [2.24, 2.45) is 0 Å². The normalized spacial score (nSPS) is 11.0. The zero-order valence-electron chi connectivity index (χ0n) is 14.9. The van der Waals surface area contributed by atoms with E-state index in [-0.39, 0.29) is 0 Å². The van der Waals surface area contributed by atoms with Gasteiger partial charge < -0.3 is 18.8 Å². The van der Waals surface area contributed by atoms with Gasteiger partial charge in [-0.25, -0.2) is 9.97 Å². The average molecular weight is 341 g/mol. The third-order valence-electron chi connectivity index (χ3n) is 4.08. The van der Waals surface area contributed by atoms with Gasteiger partial charge >= 0.3 is 0 Å². The number of pyridine rings is 1. The molecule has 6 heteroatoms. The largest absolute Gasteiger partial charge is 0.497 e. The number of ether oxygens (including phenoxy) is 3. The molecule has 2 aromatic heterocycles. The van der Waals surface area contributed by atoms with Crippen molar-refractivity contribution in [1.29, 1.82) is 0 Å². The Kier molecular flexibility index (Phi) is 5.50. The van der Waals surface area contributed by atoms with Gasteiger partial charge in [-0.2, -0.15) is 0 Å². The van der Waals surface area contributed by atoms with Crippen molar-refractivity contribution < 1.29 is 14.2 Å². The number of imidazole rings is 1. The van der Waals surface area contributed by atoms with Gasteiger partial charge in [0.25, 0.3) is 0 Å². The standard InChI is InChI=1S/C19H23N3O3/c1-4-25-11-10-22-18(21-16-6-5-9-20-19(16)22)13-14-12-15(23-2)7-8-17(14)24-3/h5-9,12H,4,10-11,13H2,1-3H3. The monoisotopic (exact) mass is 341 g/mol. The number of benzene rings is 1. The highest BCUT2D eigenvalue weighted by molar-refractivity contribution is 5.71. The van der Waals surface area contributed by atoms with Gasteiger partial charge in [-0.15, -0.1) is 0 Å². The van der Waals surface area contributed by atoms with Crippen LogP contribution in [0, 0.1) is 0 Å². The van der Waals surface area contributed by atoms with Gasteiger partial charge in [0.05, 0.1) is 20.8 Å². The summed E-state index contributed by atoms with van der Waals surface area (Å²) in [4.78, 5) is 9.25. The lowest BCUT2D eigenvalue weighted by Crippen LogP contribution is -2.11. The van der Waals surface area contributed by atoms with Crippen LogP contribution in [0.15, 0.2) is 36.5 Å². The van der Waals surface area contributed by atoms with Crippen molar-refractivity contribution in [1.82, 2.24) is 14.5 Å². The molecule has 0 aliphatic carbocycles. The third kappa shape index (κ3) is 3.74. The second kappa shape index (κ2) is 7.98. The molecule has 0 aliphatic heterocycles. The predicted molar refractivity (Wildman–Crippen MR) is 96.4 cm³/mol. The van der Waals surface area contributed by atoms with E-state index in [0.29, 0.717) is 26.2 Å². The SMILES string of the molecule is CCOCCn1c(Cc2cc(OC)ccc2OC)nc2cccnc21. The van der Waals surface area contributed by atoms with Gasteiger partial charge in [-0.05, 0) is 37.3 Å². The van der Waals surface area contributed by atoms with Gasteiger partial charge in [0.2, 0.25) is 0 Å². The number of methoxy groups -OCH3 is 2. The molecule has 3 aromatic rings. The molecule has 0 radical (unpaired) electrons. The van der Waals surface area contributed by atoms with E-state index in [2.05, 4.69) is 9.55 Å². The molecule has 132 valence electrons. The summed E-state index contributed by atoms with van der Waals surface area (Å²) in [5, 5.41) is 0. The van der Waals surface area contributed by atoms with Crippen LogP contribution in [-0.2, 0) is 17.7 Å². The van der Waals surface area contributed by atoms with Crippen LogP contribution in [0.5, 0.6) is 11.5 Å². The molecule has 3 rings (SSSR count). The first kappa shape index (κ1) is 17.2. The Hall–Kier alpha value is -2.60. The topological polar surface area (TPSA) is 58.4 Å². The van der Waals surface area contributed by atoms with E-state index in [4.69, 9.17) is 19.2 Å². The lowest BCUT2D eigenvalue weighted by atomic mass is 10.1. The molecule has 0 amide bonds. The van der Waals surface area contributed by atoms with E-state index in [1.807, 2.05) is 37.3 Å². The summed E-state index contributed by atoms with van der Waals surface area (Å²) in [5.74, 6) is 2.54. The molecule has 25 heavy (non-hydrogen) atoms. The molecule has 0 bridgehead atoms. The first-order chi connectivity index (χ1) is 12.3. The van der Waals surface area contributed by atoms with Crippen LogP contribution in [0.25, 0.3) is 11.2 Å². The highest BCUT2D eigenvalue weighted by Crippen LogP contribution is 2.27. The maximum atomic E-state index is 5.52. The van der Waals surface area contributed by atoms with Gasteiger partial charge in [-0.3, -0.25) is 0 Å². The molecule has 0 unspecified atom stereocenters. The van der Waals surface area contributed by atoms with E-state index < -0.39 is 0 Å². The highest BCUT2D eigenvalue weighted by atomic mass is 16.5. The fraction of sp³-hybridized carbons (Fsp3) is 0.368. The molecule has 0 atom stereocenters. The molecular weight excluding hydrogens is 318 g/mol. The van der Waals surface area contributed by atoms with Gasteiger partial charge in [0.1, 0.15) is 22.8 Å². The Balaban J connectivity index is 1.99. The highest BCUT2D eigenvalue weighted by Gasteiger charge is 2.15. The molecule has 0 spiro atoms. The molecular formula is C19H23N3O3. The van der Waals surface area contributed by atoms with E-state index >= 15 is 0 Å². The molecule has 0 saturated carbocycles. The van der Waals surface area contributed by atoms with E-state index in [1.54, 1.807) is 20.4 Å². The second-order valence-electron chi connectivity index (χ2n) is 5.58. The Morgan fingerprint density at radius 2 is 2.00 bits per heavy atom. The summed E-state index contributed by atoms with van der Waals surface area (Å²) in [6.07, 6.45) is 2.42. The zero-order chi connectivity index (χ0) is 17.6. The van der Waals surface area contributed by atoms with Crippen molar-refractivity contribution in [2.75, 3.05) is 27.4 Å². The Labute approximate surface area is 147 Å². The number of aromatic nitrogens is 3. The number of hydrogen-bond acceptors (Lipinski definition) is 5. The zero-order valence-corrected chi connectivity index (χ0v) is 14.9. The predicted octanol–water partition coefficient (Wildman–Crippen LogP) is 3.08. The summed E-state index contributed by atoms with van der Waals surface area (Å²) in [5.41, 5.74) is 2.78. The molecule has 2 heterocycles. The molecule has 1 aromatic carbocycles. The molecule has 0 fully saturated rings.